The molecule has 0 fully saturated rings. The lowest BCUT2D eigenvalue weighted by Crippen LogP contribution is -2.19. The SMILES string of the molecule is CCOc1cc(/C=N/NC(=O)Cc2nnc(NC(=O)c3ccccc3C)s2)ccc1OCc1ccccc1. The highest BCUT2D eigenvalue weighted by molar-refractivity contribution is 7.15. The Bertz CT molecular complexity index is 1420. The Kier molecular flexibility index (Phi) is 9.14. The first-order valence-electron chi connectivity index (χ1n) is 12.0. The van der Waals surface area contributed by atoms with E-state index in [4.69, 9.17) is 9.47 Å². The van der Waals surface area contributed by atoms with Crippen LogP contribution in [-0.4, -0.2) is 34.8 Å². The molecule has 38 heavy (non-hydrogen) atoms. The molecule has 0 aliphatic carbocycles. The first-order chi connectivity index (χ1) is 18.5. The van der Waals surface area contributed by atoms with Gasteiger partial charge >= 0.3 is 0 Å². The van der Waals surface area contributed by atoms with Crippen LogP contribution in [0.15, 0.2) is 77.9 Å². The number of nitrogens with zero attached hydrogens (tertiary/aromatic N) is 3. The van der Waals surface area contributed by atoms with E-state index in [-0.39, 0.29) is 18.2 Å². The van der Waals surface area contributed by atoms with Crippen molar-refractivity contribution < 1.29 is 19.1 Å². The minimum Gasteiger partial charge on any atom is -0.490 e. The Hall–Kier alpha value is -4.57. The summed E-state index contributed by atoms with van der Waals surface area (Å²) in [6.07, 6.45) is 1.50. The Morgan fingerprint density at radius 1 is 0.974 bits per heavy atom. The number of hydrogen-bond acceptors (Lipinski definition) is 8. The highest BCUT2D eigenvalue weighted by atomic mass is 32.1. The second-order valence-corrected chi connectivity index (χ2v) is 9.22. The molecule has 0 radical (unpaired) electrons. The molecule has 0 spiro atoms. The van der Waals surface area contributed by atoms with Gasteiger partial charge < -0.3 is 9.47 Å². The summed E-state index contributed by atoms with van der Waals surface area (Å²) in [6, 6.07) is 22.6. The van der Waals surface area contributed by atoms with Crippen LogP contribution < -0.4 is 20.2 Å². The quantitative estimate of drug-likeness (QED) is 0.214. The zero-order valence-electron chi connectivity index (χ0n) is 21.0. The Balaban J connectivity index is 1.29. The molecule has 0 unspecified atom stereocenters. The number of hydrazone groups is 1. The van der Waals surface area contributed by atoms with Crippen molar-refractivity contribution in [3.63, 3.8) is 0 Å². The topological polar surface area (TPSA) is 115 Å². The molecule has 1 heterocycles. The van der Waals surface area contributed by atoms with Crippen molar-refractivity contribution in [3.05, 3.63) is 100 Å². The van der Waals surface area contributed by atoms with Crippen LogP contribution >= 0.6 is 11.3 Å². The Morgan fingerprint density at radius 2 is 1.76 bits per heavy atom. The minimum atomic E-state index is -0.359. The van der Waals surface area contributed by atoms with Crippen LogP contribution in [-0.2, 0) is 17.8 Å². The van der Waals surface area contributed by atoms with Gasteiger partial charge in [0.15, 0.2) is 11.5 Å². The molecule has 4 aromatic rings. The van der Waals surface area contributed by atoms with E-state index in [1.807, 2.05) is 68.4 Å². The molecule has 0 atom stereocenters. The lowest BCUT2D eigenvalue weighted by atomic mass is 10.1. The molecule has 3 aromatic carbocycles. The Labute approximate surface area is 224 Å². The van der Waals surface area contributed by atoms with Gasteiger partial charge in [-0.3, -0.25) is 14.9 Å². The summed E-state index contributed by atoms with van der Waals surface area (Å²) in [7, 11) is 0. The van der Waals surface area contributed by atoms with Crippen molar-refractivity contribution in [2.45, 2.75) is 26.9 Å². The number of hydrogen-bond donors (Lipinski definition) is 2. The first kappa shape index (κ1) is 26.5. The summed E-state index contributed by atoms with van der Waals surface area (Å²) in [5, 5.41) is 15.5. The fraction of sp³-hybridized carbons (Fsp3) is 0.179. The zero-order chi connectivity index (χ0) is 26.7. The summed E-state index contributed by atoms with van der Waals surface area (Å²) in [4.78, 5) is 24.8. The molecule has 0 saturated heterocycles. The fourth-order valence-electron chi connectivity index (χ4n) is 3.45. The van der Waals surface area contributed by atoms with Crippen LogP contribution in [0.2, 0.25) is 0 Å². The van der Waals surface area contributed by atoms with Gasteiger partial charge in [-0.1, -0.05) is 59.9 Å². The maximum Gasteiger partial charge on any atom is 0.257 e. The molecule has 2 amide bonds. The van der Waals surface area contributed by atoms with Crippen molar-refractivity contribution >= 4 is 34.5 Å². The van der Waals surface area contributed by atoms with Crippen LogP contribution in [0.25, 0.3) is 0 Å². The van der Waals surface area contributed by atoms with Crippen LogP contribution in [0.3, 0.4) is 0 Å². The van der Waals surface area contributed by atoms with Crippen molar-refractivity contribution in [1.29, 1.82) is 0 Å². The van der Waals surface area contributed by atoms with Crippen LogP contribution in [0.5, 0.6) is 11.5 Å². The fourth-order valence-corrected chi connectivity index (χ4v) is 4.18. The van der Waals surface area contributed by atoms with Gasteiger partial charge in [-0.15, -0.1) is 10.2 Å². The molecule has 0 aliphatic heterocycles. The molecular formula is C28H27N5O4S. The highest BCUT2D eigenvalue weighted by Crippen LogP contribution is 2.29. The number of ether oxygens (including phenoxy) is 2. The normalized spacial score (nSPS) is 10.8. The van der Waals surface area contributed by atoms with E-state index < -0.39 is 0 Å². The smallest absolute Gasteiger partial charge is 0.257 e. The molecule has 4 rings (SSSR count). The summed E-state index contributed by atoms with van der Waals surface area (Å²) >= 11 is 1.13. The lowest BCUT2D eigenvalue weighted by Gasteiger charge is -2.12. The standard InChI is InChI=1S/C28H27N5O4S/c1-3-36-24-15-21(13-14-23(24)37-18-20-10-5-4-6-11-20)17-29-31-25(34)16-26-32-33-28(38-26)30-27(35)22-12-8-7-9-19(22)2/h4-15,17H,3,16,18H2,1-2H3,(H,31,34)(H,30,33,35)/b29-17+. The number of aromatic nitrogens is 2. The number of rotatable bonds is 11. The Morgan fingerprint density at radius 3 is 2.55 bits per heavy atom. The van der Waals surface area contributed by atoms with Crippen LogP contribution in [0, 0.1) is 6.92 Å². The summed E-state index contributed by atoms with van der Waals surface area (Å²) < 4.78 is 11.6. The minimum absolute atomic E-state index is 0.0221. The van der Waals surface area contributed by atoms with E-state index >= 15 is 0 Å². The van der Waals surface area contributed by atoms with Gasteiger partial charge in [-0.25, -0.2) is 5.43 Å². The van der Waals surface area contributed by atoms with Gasteiger partial charge in [-0.2, -0.15) is 5.10 Å². The molecule has 0 aliphatic rings. The zero-order valence-corrected chi connectivity index (χ0v) is 21.8. The molecule has 1 aromatic heterocycles. The summed E-state index contributed by atoms with van der Waals surface area (Å²) in [5.74, 6) is 0.580. The van der Waals surface area contributed by atoms with E-state index in [0.29, 0.717) is 40.4 Å². The van der Waals surface area contributed by atoms with Crippen molar-refractivity contribution in [3.8, 4) is 11.5 Å². The molecule has 0 saturated carbocycles. The van der Waals surface area contributed by atoms with Gasteiger partial charge in [0.2, 0.25) is 11.0 Å². The van der Waals surface area contributed by atoms with Crippen molar-refractivity contribution in [2.24, 2.45) is 5.10 Å². The second kappa shape index (κ2) is 13.1. The maximum absolute atomic E-state index is 12.4. The van der Waals surface area contributed by atoms with E-state index in [2.05, 4.69) is 26.0 Å². The van der Waals surface area contributed by atoms with Gasteiger partial charge in [-0.05, 0) is 54.8 Å². The first-order valence-corrected chi connectivity index (χ1v) is 12.8. The van der Waals surface area contributed by atoms with E-state index in [9.17, 15) is 9.59 Å². The monoisotopic (exact) mass is 529 g/mol. The average molecular weight is 530 g/mol. The highest BCUT2D eigenvalue weighted by Gasteiger charge is 2.14. The van der Waals surface area contributed by atoms with E-state index in [1.54, 1.807) is 18.2 Å². The van der Waals surface area contributed by atoms with Gasteiger partial charge in [0, 0.05) is 5.56 Å². The third-order valence-corrected chi connectivity index (χ3v) is 6.14. The molecular weight excluding hydrogens is 502 g/mol. The number of aryl methyl sites for hydroxylation is 1. The number of nitrogens with one attached hydrogen (secondary N) is 2. The number of amides is 2. The number of carbonyl (C=O) groups is 2. The molecule has 10 heteroatoms. The number of benzene rings is 3. The van der Waals surface area contributed by atoms with Gasteiger partial charge in [0.1, 0.15) is 11.6 Å². The van der Waals surface area contributed by atoms with Crippen molar-refractivity contribution in [2.75, 3.05) is 11.9 Å². The summed E-state index contributed by atoms with van der Waals surface area (Å²) in [5.41, 5.74) is 5.69. The van der Waals surface area contributed by atoms with Crippen LogP contribution in [0.4, 0.5) is 5.13 Å². The molecule has 9 nitrogen and oxygen atoms in total. The van der Waals surface area contributed by atoms with E-state index in [0.717, 1.165) is 28.0 Å². The van der Waals surface area contributed by atoms with E-state index in [1.165, 1.54) is 6.21 Å². The second-order valence-electron chi connectivity index (χ2n) is 8.15. The predicted molar refractivity (Wildman–Crippen MR) is 147 cm³/mol. The number of anilines is 1. The average Bonchev–Trinajstić information content (AvgIpc) is 3.35. The predicted octanol–water partition coefficient (Wildman–Crippen LogP) is 4.77. The molecule has 2 N–H and O–H groups in total. The summed E-state index contributed by atoms with van der Waals surface area (Å²) in [6.45, 7) is 4.66. The van der Waals surface area contributed by atoms with Gasteiger partial charge in [0.05, 0.1) is 19.2 Å². The van der Waals surface area contributed by atoms with Gasteiger partial charge in [0.25, 0.3) is 5.91 Å². The third kappa shape index (κ3) is 7.47. The largest absolute Gasteiger partial charge is 0.490 e. The van der Waals surface area contributed by atoms with Crippen LogP contribution in [0.1, 0.15) is 39.0 Å². The maximum atomic E-state index is 12.4. The molecule has 0 bridgehead atoms. The number of carbonyl (C=O) groups excluding carboxylic acids is 2. The lowest BCUT2D eigenvalue weighted by molar-refractivity contribution is -0.120. The third-order valence-electron chi connectivity index (χ3n) is 5.30. The molecule has 194 valence electrons. The van der Waals surface area contributed by atoms with Crippen molar-refractivity contribution in [1.82, 2.24) is 15.6 Å².